The number of aliphatic hydroxyl groups is 2. The van der Waals surface area contributed by atoms with E-state index in [0.29, 0.717) is 36.2 Å². The standard InChI is InChI=1S/C33H50O4/c1-6-7-8-9-12-27-23(4)32(36)37-31(27)18-21(2)28-15-16-29-24(11-10-17-33(28,29)5)13-14-25-19-26(34)20-30(35)22(25)3/h13-14,21,26-31,34-35H,3-4,6-12,15-20H2,1-2,5H3/b24-13+,25-14-/t21-,26-,27?,28-,29+,30+,31?,33-/m1/s1. The Balaban J connectivity index is 1.44. The third kappa shape index (κ3) is 6.01. The van der Waals surface area contributed by atoms with Gasteiger partial charge >= 0.3 is 5.97 Å². The van der Waals surface area contributed by atoms with Crippen LogP contribution in [0, 0.1) is 29.1 Å². The number of allylic oxidation sites excluding steroid dienone is 3. The minimum atomic E-state index is -0.641. The van der Waals surface area contributed by atoms with Crippen molar-refractivity contribution in [3.05, 3.63) is 47.6 Å². The summed E-state index contributed by atoms with van der Waals surface area (Å²) in [5.74, 6) is 1.69. The van der Waals surface area contributed by atoms with Gasteiger partial charge in [-0.25, -0.2) is 4.79 Å². The van der Waals surface area contributed by atoms with Crippen LogP contribution in [0.5, 0.6) is 0 Å². The monoisotopic (exact) mass is 510 g/mol. The summed E-state index contributed by atoms with van der Waals surface area (Å²) in [6, 6.07) is 0. The molecular weight excluding hydrogens is 460 g/mol. The fourth-order valence-corrected chi connectivity index (χ4v) is 8.24. The van der Waals surface area contributed by atoms with E-state index in [9.17, 15) is 15.0 Å². The lowest BCUT2D eigenvalue weighted by atomic mass is 9.60. The molecule has 4 nitrogen and oxygen atoms in total. The molecule has 4 fully saturated rings. The zero-order valence-corrected chi connectivity index (χ0v) is 23.5. The lowest BCUT2D eigenvalue weighted by Gasteiger charge is -2.45. The molecule has 0 aromatic heterocycles. The number of carbonyl (C=O) groups is 1. The number of rotatable bonds is 9. The van der Waals surface area contributed by atoms with Gasteiger partial charge in [-0.15, -0.1) is 0 Å². The van der Waals surface area contributed by atoms with Crippen molar-refractivity contribution < 1.29 is 19.7 Å². The van der Waals surface area contributed by atoms with Gasteiger partial charge in [-0.1, -0.05) is 77.3 Å². The quantitative estimate of drug-likeness (QED) is 0.195. The molecule has 206 valence electrons. The van der Waals surface area contributed by atoms with Crippen LogP contribution in [0.1, 0.15) is 104 Å². The zero-order valence-electron chi connectivity index (χ0n) is 23.5. The van der Waals surface area contributed by atoms with Crippen molar-refractivity contribution >= 4 is 5.97 Å². The van der Waals surface area contributed by atoms with Crippen molar-refractivity contribution in [2.24, 2.45) is 29.1 Å². The van der Waals surface area contributed by atoms with Gasteiger partial charge in [-0.3, -0.25) is 0 Å². The summed E-state index contributed by atoms with van der Waals surface area (Å²) in [5, 5.41) is 20.4. The molecule has 8 atom stereocenters. The molecule has 37 heavy (non-hydrogen) atoms. The van der Waals surface area contributed by atoms with E-state index in [-0.39, 0.29) is 23.4 Å². The third-order valence-corrected chi connectivity index (χ3v) is 10.4. The van der Waals surface area contributed by atoms with Crippen LogP contribution in [0.25, 0.3) is 0 Å². The van der Waals surface area contributed by atoms with Crippen LogP contribution in [0.15, 0.2) is 47.6 Å². The van der Waals surface area contributed by atoms with Crippen molar-refractivity contribution in [1.29, 1.82) is 0 Å². The van der Waals surface area contributed by atoms with E-state index in [1.807, 2.05) is 0 Å². The van der Waals surface area contributed by atoms with Gasteiger partial charge in [-0.05, 0) is 85.7 Å². The van der Waals surface area contributed by atoms with Gasteiger partial charge in [0.05, 0.1) is 12.2 Å². The minimum Gasteiger partial charge on any atom is -0.458 e. The highest BCUT2D eigenvalue weighted by Gasteiger charge is 2.51. The molecule has 4 rings (SSSR count). The van der Waals surface area contributed by atoms with E-state index in [1.165, 1.54) is 50.5 Å². The van der Waals surface area contributed by atoms with Gasteiger partial charge in [-0.2, -0.15) is 0 Å². The van der Waals surface area contributed by atoms with Gasteiger partial charge in [0.1, 0.15) is 6.10 Å². The first-order valence-corrected chi connectivity index (χ1v) is 15.0. The Morgan fingerprint density at radius 1 is 1.14 bits per heavy atom. The van der Waals surface area contributed by atoms with E-state index in [1.54, 1.807) is 0 Å². The number of ether oxygens (including phenoxy) is 1. The predicted octanol–water partition coefficient (Wildman–Crippen LogP) is 7.22. The van der Waals surface area contributed by atoms with Crippen LogP contribution in [0.2, 0.25) is 0 Å². The van der Waals surface area contributed by atoms with E-state index >= 15 is 0 Å². The van der Waals surface area contributed by atoms with Gasteiger partial charge < -0.3 is 14.9 Å². The number of esters is 1. The first kappa shape index (κ1) is 28.4. The molecule has 0 aromatic rings. The lowest BCUT2D eigenvalue weighted by molar-refractivity contribution is -0.140. The van der Waals surface area contributed by atoms with Crippen molar-refractivity contribution in [2.75, 3.05) is 0 Å². The molecule has 2 N–H and O–H groups in total. The van der Waals surface area contributed by atoms with Crippen molar-refractivity contribution in [3.63, 3.8) is 0 Å². The van der Waals surface area contributed by atoms with E-state index in [4.69, 9.17) is 4.74 Å². The smallest absolute Gasteiger partial charge is 0.334 e. The van der Waals surface area contributed by atoms with E-state index in [0.717, 1.165) is 36.8 Å². The second kappa shape index (κ2) is 12.0. The highest BCUT2D eigenvalue weighted by Crippen LogP contribution is 2.60. The number of fused-ring (bicyclic) bond motifs is 1. The summed E-state index contributed by atoms with van der Waals surface area (Å²) in [6.45, 7) is 15.3. The van der Waals surface area contributed by atoms with Crippen LogP contribution >= 0.6 is 0 Å². The first-order valence-electron chi connectivity index (χ1n) is 15.0. The highest BCUT2D eigenvalue weighted by atomic mass is 16.6. The molecule has 4 aliphatic rings. The molecule has 4 heteroatoms. The zero-order chi connectivity index (χ0) is 26.7. The molecule has 0 aromatic carbocycles. The van der Waals surface area contributed by atoms with Crippen molar-refractivity contribution in [3.8, 4) is 0 Å². The fourth-order valence-electron chi connectivity index (χ4n) is 8.24. The molecule has 1 heterocycles. The molecule has 1 saturated heterocycles. The number of unbranched alkanes of at least 4 members (excludes halogenated alkanes) is 3. The van der Waals surface area contributed by atoms with Crippen LogP contribution in [0.3, 0.4) is 0 Å². The summed E-state index contributed by atoms with van der Waals surface area (Å²) in [5.41, 5.74) is 4.23. The summed E-state index contributed by atoms with van der Waals surface area (Å²) >= 11 is 0. The maximum absolute atomic E-state index is 12.4. The largest absolute Gasteiger partial charge is 0.458 e. The predicted molar refractivity (Wildman–Crippen MR) is 150 cm³/mol. The van der Waals surface area contributed by atoms with Crippen LogP contribution in [-0.2, 0) is 9.53 Å². The Hall–Kier alpha value is -1.65. The van der Waals surface area contributed by atoms with E-state index < -0.39 is 12.2 Å². The summed E-state index contributed by atoms with van der Waals surface area (Å²) in [4.78, 5) is 12.4. The molecule has 0 radical (unpaired) electrons. The van der Waals surface area contributed by atoms with Crippen molar-refractivity contribution in [2.45, 2.75) is 123 Å². The number of carbonyl (C=O) groups excluding carboxylic acids is 1. The average Bonchev–Trinajstić information content (AvgIpc) is 3.34. The van der Waals surface area contributed by atoms with Gasteiger partial charge in [0.25, 0.3) is 0 Å². The maximum Gasteiger partial charge on any atom is 0.334 e. The topological polar surface area (TPSA) is 66.8 Å². The van der Waals surface area contributed by atoms with Crippen LogP contribution in [-0.4, -0.2) is 34.5 Å². The number of hydrogen-bond acceptors (Lipinski definition) is 4. The molecule has 0 bridgehead atoms. The molecular formula is C33H50O4. The molecule has 2 unspecified atom stereocenters. The van der Waals surface area contributed by atoms with Gasteiger partial charge in [0.2, 0.25) is 0 Å². The number of aliphatic hydroxyl groups excluding tert-OH is 2. The molecule has 3 aliphatic carbocycles. The van der Waals surface area contributed by atoms with Crippen LogP contribution < -0.4 is 0 Å². The lowest BCUT2D eigenvalue weighted by Crippen LogP contribution is -2.37. The fraction of sp³-hybridized carbons (Fsp3) is 0.727. The number of cyclic esters (lactones) is 1. The Bertz CT molecular complexity index is 929. The maximum atomic E-state index is 12.4. The van der Waals surface area contributed by atoms with Gasteiger partial charge in [0.15, 0.2) is 0 Å². The Morgan fingerprint density at radius 3 is 2.68 bits per heavy atom. The summed E-state index contributed by atoms with van der Waals surface area (Å²) < 4.78 is 5.89. The first-order chi connectivity index (χ1) is 17.7. The summed E-state index contributed by atoms with van der Waals surface area (Å²) in [7, 11) is 0. The molecule has 0 spiro atoms. The third-order valence-electron chi connectivity index (χ3n) is 10.4. The SMILES string of the molecule is C=C1C(=O)OC(C[C@@H](C)[C@H]2CC[C@H]3/C(=C/C=C4/C[C@@H](O)C[C@H](O)C4=C)CCC[C@]23C)C1CCCCCC. The minimum absolute atomic E-state index is 0.0159. The normalized spacial score (nSPS) is 39.3. The van der Waals surface area contributed by atoms with Crippen LogP contribution in [0.4, 0.5) is 0 Å². The Kier molecular flexibility index (Phi) is 9.22. The molecule has 3 saturated carbocycles. The summed E-state index contributed by atoms with van der Waals surface area (Å²) in [6.07, 6.45) is 17.0. The molecule has 0 amide bonds. The average molecular weight is 511 g/mol. The van der Waals surface area contributed by atoms with E-state index in [2.05, 4.69) is 46.1 Å². The van der Waals surface area contributed by atoms with Crippen molar-refractivity contribution in [1.82, 2.24) is 0 Å². The second-order valence-corrected chi connectivity index (χ2v) is 12.8. The highest BCUT2D eigenvalue weighted by molar-refractivity contribution is 5.90. The second-order valence-electron chi connectivity index (χ2n) is 12.8. The molecule has 1 aliphatic heterocycles. The number of hydrogen-bond donors (Lipinski definition) is 2. The van der Waals surface area contributed by atoms with Gasteiger partial charge in [0, 0.05) is 17.9 Å². The Morgan fingerprint density at radius 2 is 1.92 bits per heavy atom. The Labute approximate surface area is 224 Å².